The van der Waals surface area contributed by atoms with Crippen LogP contribution in [-0.4, -0.2) is 32.1 Å². The van der Waals surface area contributed by atoms with Gasteiger partial charge in [0, 0.05) is 18.8 Å². The summed E-state index contributed by atoms with van der Waals surface area (Å²) in [5, 5.41) is 14.8. The fourth-order valence-corrected chi connectivity index (χ4v) is 2.27. The van der Waals surface area contributed by atoms with Gasteiger partial charge in [0.2, 0.25) is 0 Å². The third-order valence-electron chi connectivity index (χ3n) is 3.64. The smallest absolute Gasteiger partial charge is 0.414 e. The first-order valence-electron chi connectivity index (χ1n) is 7.57. The third kappa shape index (κ3) is 5.53. The number of carboxylic acids is 2. The van der Waals surface area contributed by atoms with Gasteiger partial charge in [-0.05, 0) is 41.5 Å². The van der Waals surface area contributed by atoms with Crippen molar-refractivity contribution in [2.75, 3.05) is 0 Å². The number of aromatic nitrogens is 2. The number of hydrogen-bond acceptors (Lipinski definition) is 3. The summed E-state index contributed by atoms with van der Waals surface area (Å²) in [6, 6.07) is 4.62. The van der Waals surface area contributed by atoms with Crippen molar-refractivity contribution < 1.29 is 19.8 Å². The van der Waals surface area contributed by atoms with Crippen LogP contribution in [-0.2, 0) is 21.4 Å². The minimum atomic E-state index is -1.82. The van der Waals surface area contributed by atoms with Gasteiger partial charge in [-0.2, -0.15) is 0 Å². The van der Waals surface area contributed by atoms with Crippen molar-refractivity contribution >= 4 is 11.9 Å². The predicted octanol–water partition coefficient (Wildman–Crippen LogP) is 3.07. The van der Waals surface area contributed by atoms with E-state index < -0.39 is 11.9 Å². The van der Waals surface area contributed by atoms with E-state index in [-0.39, 0.29) is 5.41 Å². The van der Waals surface area contributed by atoms with E-state index in [1.54, 1.807) is 0 Å². The maximum atomic E-state index is 9.10. The summed E-state index contributed by atoms with van der Waals surface area (Å²) in [5.74, 6) is -2.62. The topological polar surface area (TPSA) is 103 Å². The Morgan fingerprint density at radius 1 is 1.08 bits per heavy atom. The summed E-state index contributed by atoms with van der Waals surface area (Å²) in [5.41, 5.74) is 5.71. The minimum absolute atomic E-state index is 0.207. The number of H-pyrrole nitrogens is 1. The highest BCUT2D eigenvalue weighted by Gasteiger charge is 2.16. The van der Waals surface area contributed by atoms with Crippen LogP contribution in [0.3, 0.4) is 0 Å². The number of aromatic amines is 1. The zero-order chi connectivity index (χ0) is 18.5. The van der Waals surface area contributed by atoms with E-state index in [1.165, 1.54) is 22.3 Å². The Labute approximate surface area is 141 Å². The minimum Gasteiger partial charge on any atom is -0.473 e. The molecule has 1 aromatic heterocycles. The number of carbonyl (C=O) groups is 2. The number of nitrogens with one attached hydrogen (secondary N) is 1. The van der Waals surface area contributed by atoms with E-state index in [9.17, 15) is 0 Å². The van der Waals surface area contributed by atoms with E-state index in [2.05, 4.69) is 56.7 Å². The van der Waals surface area contributed by atoms with Gasteiger partial charge in [-0.15, -0.1) is 0 Å². The first-order chi connectivity index (χ1) is 11.0. The number of hydrogen-bond donors (Lipinski definition) is 3. The highest BCUT2D eigenvalue weighted by atomic mass is 16.4. The lowest BCUT2D eigenvalue weighted by atomic mass is 9.83. The van der Waals surface area contributed by atoms with E-state index in [1.807, 2.05) is 12.4 Å². The van der Waals surface area contributed by atoms with Gasteiger partial charge in [0.15, 0.2) is 0 Å². The van der Waals surface area contributed by atoms with Gasteiger partial charge >= 0.3 is 11.9 Å². The molecule has 2 rings (SSSR count). The second kappa shape index (κ2) is 7.77. The first-order valence-corrected chi connectivity index (χ1v) is 7.57. The zero-order valence-electron chi connectivity index (χ0n) is 14.7. The molecule has 0 radical (unpaired) electrons. The Hall–Kier alpha value is -2.63. The summed E-state index contributed by atoms with van der Waals surface area (Å²) < 4.78 is 0. The van der Waals surface area contributed by atoms with Crippen LogP contribution in [0.25, 0.3) is 0 Å². The standard InChI is InChI=1S/C16H22N2.C2H2O4/c1-11-8-13(16(3,4)5)9-12(2)14(11)10-15-17-6-7-18-15;3-1(4)2(5)6/h6-9H,10H2,1-5H3,(H,17,18);(H,3,4)(H,5,6). The average Bonchev–Trinajstić information content (AvgIpc) is 2.95. The second-order valence-electron chi connectivity index (χ2n) is 6.66. The van der Waals surface area contributed by atoms with Gasteiger partial charge in [-0.3, -0.25) is 0 Å². The summed E-state index contributed by atoms with van der Waals surface area (Å²) in [6.45, 7) is 11.2. The number of benzene rings is 1. The van der Waals surface area contributed by atoms with Gasteiger partial charge in [-0.25, -0.2) is 14.6 Å². The molecule has 0 saturated heterocycles. The molecule has 1 heterocycles. The average molecular weight is 332 g/mol. The van der Waals surface area contributed by atoms with E-state index in [0.717, 1.165) is 12.2 Å². The Morgan fingerprint density at radius 2 is 1.58 bits per heavy atom. The van der Waals surface area contributed by atoms with E-state index >= 15 is 0 Å². The molecule has 1 aromatic carbocycles. The molecule has 0 aliphatic carbocycles. The fourth-order valence-electron chi connectivity index (χ4n) is 2.27. The molecule has 2 aromatic rings. The maximum Gasteiger partial charge on any atom is 0.414 e. The number of aliphatic carboxylic acids is 2. The number of carboxylic acid groups (broad SMARTS) is 2. The van der Waals surface area contributed by atoms with Crippen LogP contribution in [0, 0.1) is 13.8 Å². The van der Waals surface area contributed by atoms with Crippen molar-refractivity contribution in [1.29, 1.82) is 0 Å². The van der Waals surface area contributed by atoms with E-state index in [4.69, 9.17) is 19.8 Å². The molecule has 0 aliphatic rings. The largest absolute Gasteiger partial charge is 0.473 e. The monoisotopic (exact) mass is 332 g/mol. The Kier molecular flexibility index (Phi) is 6.28. The Bertz CT molecular complexity index is 678. The number of aryl methyl sites for hydroxylation is 2. The van der Waals surface area contributed by atoms with Crippen molar-refractivity contribution in [2.24, 2.45) is 0 Å². The SMILES string of the molecule is Cc1cc(C(C)(C)C)cc(C)c1Cc1ncc[nH]1.O=C(O)C(=O)O. The van der Waals surface area contributed by atoms with Crippen molar-refractivity contribution in [2.45, 2.75) is 46.5 Å². The summed E-state index contributed by atoms with van der Waals surface area (Å²) in [7, 11) is 0. The van der Waals surface area contributed by atoms with Crippen molar-refractivity contribution in [3.05, 3.63) is 52.6 Å². The van der Waals surface area contributed by atoms with Crippen molar-refractivity contribution in [1.82, 2.24) is 9.97 Å². The number of rotatable bonds is 2. The highest BCUT2D eigenvalue weighted by molar-refractivity contribution is 6.27. The van der Waals surface area contributed by atoms with Gasteiger partial charge < -0.3 is 15.2 Å². The normalized spacial score (nSPS) is 10.7. The van der Waals surface area contributed by atoms with E-state index in [0.29, 0.717) is 0 Å². The van der Waals surface area contributed by atoms with Gasteiger partial charge in [0.05, 0.1) is 0 Å². The number of nitrogens with zero attached hydrogens (tertiary/aromatic N) is 1. The van der Waals surface area contributed by atoms with Crippen LogP contribution in [0.5, 0.6) is 0 Å². The fraction of sp³-hybridized carbons (Fsp3) is 0.389. The molecule has 0 fully saturated rings. The zero-order valence-corrected chi connectivity index (χ0v) is 14.7. The first kappa shape index (κ1) is 19.4. The molecular weight excluding hydrogens is 308 g/mol. The van der Waals surface area contributed by atoms with Crippen LogP contribution in [0.4, 0.5) is 0 Å². The summed E-state index contributed by atoms with van der Waals surface area (Å²) >= 11 is 0. The molecule has 3 N–H and O–H groups in total. The van der Waals surface area contributed by atoms with Gasteiger partial charge in [-0.1, -0.05) is 32.9 Å². The van der Waals surface area contributed by atoms with Crippen LogP contribution < -0.4 is 0 Å². The highest BCUT2D eigenvalue weighted by Crippen LogP contribution is 2.27. The lowest BCUT2D eigenvalue weighted by Gasteiger charge is -2.22. The molecule has 6 heteroatoms. The molecule has 0 amide bonds. The van der Waals surface area contributed by atoms with Crippen LogP contribution in [0.1, 0.15) is 48.8 Å². The molecule has 0 bridgehead atoms. The molecule has 130 valence electrons. The second-order valence-corrected chi connectivity index (χ2v) is 6.66. The third-order valence-corrected chi connectivity index (χ3v) is 3.64. The lowest BCUT2D eigenvalue weighted by Crippen LogP contribution is -2.12. The van der Waals surface area contributed by atoms with Crippen molar-refractivity contribution in [3.8, 4) is 0 Å². The predicted molar refractivity (Wildman–Crippen MR) is 91.3 cm³/mol. The molecule has 0 spiro atoms. The van der Waals surface area contributed by atoms with Crippen molar-refractivity contribution in [3.63, 3.8) is 0 Å². The van der Waals surface area contributed by atoms with Crippen LogP contribution in [0.15, 0.2) is 24.5 Å². The quantitative estimate of drug-likeness (QED) is 0.733. The molecule has 24 heavy (non-hydrogen) atoms. The molecule has 6 nitrogen and oxygen atoms in total. The summed E-state index contributed by atoms with van der Waals surface area (Å²) in [4.78, 5) is 25.7. The molecule has 0 aliphatic heterocycles. The molecule has 0 atom stereocenters. The maximum absolute atomic E-state index is 9.10. The van der Waals surface area contributed by atoms with Crippen LogP contribution >= 0.6 is 0 Å². The van der Waals surface area contributed by atoms with Crippen LogP contribution in [0.2, 0.25) is 0 Å². The Morgan fingerprint density at radius 3 is 1.92 bits per heavy atom. The van der Waals surface area contributed by atoms with Gasteiger partial charge in [0.1, 0.15) is 5.82 Å². The Balaban J connectivity index is 0.000000413. The van der Waals surface area contributed by atoms with Gasteiger partial charge in [0.25, 0.3) is 0 Å². The molecule has 0 unspecified atom stereocenters. The molecule has 0 saturated carbocycles. The molecular formula is C18H24N2O4. The summed E-state index contributed by atoms with van der Waals surface area (Å²) in [6.07, 6.45) is 4.57. The lowest BCUT2D eigenvalue weighted by molar-refractivity contribution is -0.159. The number of imidazole rings is 1.